The van der Waals surface area contributed by atoms with Gasteiger partial charge in [0.05, 0.1) is 17.3 Å². The fourth-order valence-electron chi connectivity index (χ4n) is 2.32. The highest BCUT2D eigenvalue weighted by Crippen LogP contribution is 2.23. The van der Waals surface area contributed by atoms with Gasteiger partial charge in [0.1, 0.15) is 11.6 Å². The van der Waals surface area contributed by atoms with Crippen LogP contribution in [-0.4, -0.2) is 27.2 Å². The van der Waals surface area contributed by atoms with Gasteiger partial charge in [-0.1, -0.05) is 29.8 Å². The van der Waals surface area contributed by atoms with Crippen LogP contribution in [0.1, 0.15) is 19.4 Å². The molecule has 0 saturated carbocycles. The lowest BCUT2D eigenvalue weighted by Crippen LogP contribution is -2.05. The van der Waals surface area contributed by atoms with Gasteiger partial charge in [0.2, 0.25) is 4.77 Å². The molecule has 0 amide bonds. The van der Waals surface area contributed by atoms with E-state index in [1.165, 1.54) is 23.0 Å². The number of aromatic nitrogens is 3. The molecule has 1 aromatic heterocycles. The Bertz CT molecular complexity index is 992. The van der Waals surface area contributed by atoms with Crippen molar-refractivity contribution in [3.63, 3.8) is 0 Å². The van der Waals surface area contributed by atoms with Crippen LogP contribution in [0.4, 0.5) is 4.39 Å². The molecule has 0 fully saturated rings. The maximum Gasteiger partial charge on any atom is 0.216 e. The number of hydrogen-bond acceptors (Lipinski definition) is 4. The van der Waals surface area contributed by atoms with Crippen molar-refractivity contribution >= 4 is 30.0 Å². The minimum absolute atomic E-state index is 0.0484. The summed E-state index contributed by atoms with van der Waals surface area (Å²) >= 11 is 11.3. The summed E-state index contributed by atoms with van der Waals surface area (Å²) in [6.45, 7) is 3.90. The molecule has 0 atom stereocenters. The van der Waals surface area contributed by atoms with Crippen LogP contribution < -0.4 is 4.74 Å². The standard InChI is InChI=1S/C18H16ClFN4OS/c1-11(2)25-13-6-3-5-12(9-13)17-22-23-18(26)24(17)21-10-14-15(19)7-4-8-16(14)20/h3-11H,1-2H3,(H,23,26). The quantitative estimate of drug-likeness (QED) is 0.488. The van der Waals surface area contributed by atoms with Gasteiger partial charge in [0.25, 0.3) is 0 Å². The molecular formula is C18H16ClFN4OS. The van der Waals surface area contributed by atoms with Crippen molar-refractivity contribution in [1.82, 2.24) is 14.9 Å². The van der Waals surface area contributed by atoms with Gasteiger partial charge >= 0.3 is 0 Å². The molecule has 8 heteroatoms. The van der Waals surface area contributed by atoms with E-state index in [2.05, 4.69) is 15.3 Å². The summed E-state index contributed by atoms with van der Waals surface area (Å²) in [6.07, 6.45) is 1.37. The van der Waals surface area contributed by atoms with Crippen LogP contribution in [0, 0.1) is 10.6 Å². The number of hydrogen-bond donors (Lipinski definition) is 1. The van der Waals surface area contributed by atoms with E-state index in [4.69, 9.17) is 28.6 Å². The summed E-state index contributed by atoms with van der Waals surface area (Å²) in [7, 11) is 0. The molecule has 0 aliphatic carbocycles. The average molecular weight is 391 g/mol. The topological polar surface area (TPSA) is 55.2 Å². The normalized spacial score (nSPS) is 11.4. The molecule has 0 bridgehead atoms. The van der Waals surface area contributed by atoms with Gasteiger partial charge < -0.3 is 4.74 Å². The summed E-state index contributed by atoms with van der Waals surface area (Å²) in [4.78, 5) is 0. The third-order valence-electron chi connectivity index (χ3n) is 3.42. The molecule has 0 aliphatic heterocycles. The molecule has 5 nitrogen and oxygen atoms in total. The first-order valence-corrected chi connectivity index (χ1v) is 8.67. The van der Waals surface area contributed by atoms with E-state index in [0.29, 0.717) is 11.6 Å². The van der Waals surface area contributed by atoms with Gasteiger partial charge in [0.15, 0.2) is 5.82 Å². The van der Waals surface area contributed by atoms with E-state index in [1.54, 1.807) is 6.07 Å². The molecule has 0 spiro atoms. The molecule has 2 aromatic carbocycles. The van der Waals surface area contributed by atoms with Crippen LogP contribution in [0.5, 0.6) is 5.75 Å². The Morgan fingerprint density at radius 2 is 2.08 bits per heavy atom. The van der Waals surface area contributed by atoms with E-state index in [-0.39, 0.29) is 21.5 Å². The summed E-state index contributed by atoms with van der Waals surface area (Å²) in [5, 5.41) is 11.4. The van der Waals surface area contributed by atoms with Crippen LogP contribution in [0.3, 0.4) is 0 Å². The Kier molecular flexibility index (Phi) is 5.49. The zero-order chi connectivity index (χ0) is 18.7. The third-order valence-corrected chi connectivity index (χ3v) is 4.01. The lowest BCUT2D eigenvalue weighted by atomic mass is 10.2. The van der Waals surface area contributed by atoms with Crippen LogP contribution in [0.2, 0.25) is 5.02 Å². The summed E-state index contributed by atoms with van der Waals surface area (Å²) in [5.41, 5.74) is 0.937. The van der Waals surface area contributed by atoms with E-state index in [1.807, 2.05) is 38.1 Å². The van der Waals surface area contributed by atoms with E-state index in [9.17, 15) is 4.39 Å². The number of nitrogens with zero attached hydrogens (tertiary/aromatic N) is 3. The molecule has 1 heterocycles. The minimum Gasteiger partial charge on any atom is -0.491 e. The van der Waals surface area contributed by atoms with E-state index in [0.717, 1.165) is 5.56 Å². The van der Waals surface area contributed by atoms with Crippen LogP contribution >= 0.6 is 23.8 Å². The monoisotopic (exact) mass is 390 g/mol. The van der Waals surface area contributed by atoms with Crippen molar-refractivity contribution in [3.05, 3.63) is 63.6 Å². The second kappa shape index (κ2) is 7.80. The SMILES string of the molecule is CC(C)Oc1cccc(-c2n[nH]c(=S)n2N=Cc2c(F)cccc2Cl)c1. The maximum atomic E-state index is 13.9. The van der Waals surface area contributed by atoms with Crippen molar-refractivity contribution in [2.45, 2.75) is 20.0 Å². The summed E-state index contributed by atoms with van der Waals surface area (Å²) < 4.78 is 21.3. The number of rotatable bonds is 5. The number of nitrogens with one attached hydrogen (secondary N) is 1. The van der Waals surface area contributed by atoms with Crippen LogP contribution in [0.25, 0.3) is 11.4 Å². The first-order chi connectivity index (χ1) is 12.5. The Hall–Kier alpha value is -2.51. The van der Waals surface area contributed by atoms with Gasteiger partial charge in [-0.2, -0.15) is 14.9 Å². The molecular weight excluding hydrogens is 375 g/mol. The Balaban J connectivity index is 2.00. The van der Waals surface area contributed by atoms with Crippen molar-refractivity contribution in [1.29, 1.82) is 0 Å². The van der Waals surface area contributed by atoms with Gasteiger partial charge in [-0.05, 0) is 50.3 Å². The Labute approximate surface area is 160 Å². The zero-order valence-corrected chi connectivity index (χ0v) is 15.7. The molecule has 0 unspecified atom stereocenters. The average Bonchev–Trinajstić information content (AvgIpc) is 2.95. The fraction of sp³-hybridized carbons (Fsp3) is 0.167. The predicted octanol–water partition coefficient (Wildman–Crippen LogP) is 5.07. The number of ether oxygens (including phenoxy) is 1. The molecule has 0 aliphatic rings. The molecule has 0 saturated heterocycles. The third kappa shape index (κ3) is 4.00. The smallest absolute Gasteiger partial charge is 0.216 e. The molecule has 0 radical (unpaired) electrons. The number of halogens is 2. The number of benzene rings is 2. The van der Waals surface area contributed by atoms with Crippen LogP contribution in [-0.2, 0) is 0 Å². The van der Waals surface area contributed by atoms with E-state index < -0.39 is 5.82 Å². The fourth-order valence-corrected chi connectivity index (χ4v) is 2.71. The molecule has 134 valence electrons. The molecule has 1 N–H and O–H groups in total. The largest absolute Gasteiger partial charge is 0.491 e. The first kappa shape index (κ1) is 18.3. The summed E-state index contributed by atoms with van der Waals surface area (Å²) in [6, 6.07) is 11.9. The lowest BCUT2D eigenvalue weighted by molar-refractivity contribution is 0.242. The minimum atomic E-state index is -0.467. The molecule has 3 rings (SSSR count). The highest BCUT2D eigenvalue weighted by Gasteiger charge is 2.11. The van der Waals surface area contributed by atoms with Gasteiger partial charge in [0, 0.05) is 11.1 Å². The lowest BCUT2D eigenvalue weighted by Gasteiger charge is -2.10. The first-order valence-electron chi connectivity index (χ1n) is 7.88. The van der Waals surface area contributed by atoms with Crippen molar-refractivity contribution in [2.24, 2.45) is 5.10 Å². The van der Waals surface area contributed by atoms with E-state index >= 15 is 0 Å². The highest BCUT2D eigenvalue weighted by molar-refractivity contribution is 7.71. The second-order valence-electron chi connectivity index (χ2n) is 5.74. The zero-order valence-electron chi connectivity index (χ0n) is 14.1. The molecule has 26 heavy (non-hydrogen) atoms. The van der Waals surface area contributed by atoms with Gasteiger partial charge in [-0.3, -0.25) is 0 Å². The van der Waals surface area contributed by atoms with Crippen LogP contribution in [0.15, 0.2) is 47.6 Å². The van der Waals surface area contributed by atoms with Gasteiger partial charge in [-0.15, -0.1) is 0 Å². The maximum absolute atomic E-state index is 13.9. The van der Waals surface area contributed by atoms with Crippen molar-refractivity contribution in [3.8, 4) is 17.1 Å². The van der Waals surface area contributed by atoms with Crippen molar-refractivity contribution in [2.75, 3.05) is 0 Å². The van der Waals surface area contributed by atoms with Gasteiger partial charge in [-0.25, -0.2) is 9.49 Å². The highest BCUT2D eigenvalue weighted by atomic mass is 35.5. The number of aromatic amines is 1. The molecule has 3 aromatic rings. The Morgan fingerprint density at radius 3 is 2.81 bits per heavy atom. The second-order valence-corrected chi connectivity index (χ2v) is 6.53. The van der Waals surface area contributed by atoms with Crippen molar-refractivity contribution < 1.29 is 9.13 Å². The predicted molar refractivity (Wildman–Crippen MR) is 103 cm³/mol. The summed E-state index contributed by atoms with van der Waals surface area (Å²) in [5.74, 6) is 0.720. The number of H-pyrrole nitrogens is 1. The Morgan fingerprint density at radius 1 is 1.31 bits per heavy atom.